The van der Waals surface area contributed by atoms with Gasteiger partial charge in [-0.2, -0.15) is 5.10 Å². The van der Waals surface area contributed by atoms with Crippen LogP contribution in [0.15, 0.2) is 29.4 Å². The number of hydrogen-bond donors (Lipinski definition) is 1. The van der Waals surface area contributed by atoms with E-state index in [2.05, 4.69) is 10.5 Å². The van der Waals surface area contributed by atoms with Gasteiger partial charge in [0.05, 0.1) is 18.2 Å². The SMILES string of the molecule is CCOc1ccc(C=NNC(=O)C23CC4CC(CC(C4)C2)C3)cc1. The van der Waals surface area contributed by atoms with E-state index in [-0.39, 0.29) is 11.3 Å². The Morgan fingerprint density at radius 3 is 2.29 bits per heavy atom. The Morgan fingerprint density at radius 1 is 1.17 bits per heavy atom. The van der Waals surface area contributed by atoms with Gasteiger partial charge >= 0.3 is 0 Å². The normalized spacial score (nSPS) is 33.8. The first-order valence-electron chi connectivity index (χ1n) is 9.23. The molecular weight excluding hydrogens is 300 g/mol. The van der Waals surface area contributed by atoms with Crippen molar-refractivity contribution in [3.63, 3.8) is 0 Å². The minimum absolute atomic E-state index is 0.134. The van der Waals surface area contributed by atoms with E-state index in [0.717, 1.165) is 48.3 Å². The molecule has 0 aromatic heterocycles. The smallest absolute Gasteiger partial charge is 0.246 e. The Labute approximate surface area is 143 Å². The molecule has 0 aliphatic heterocycles. The van der Waals surface area contributed by atoms with Crippen LogP contribution < -0.4 is 10.2 Å². The molecule has 4 aliphatic rings. The predicted octanol–water partition coefficient (Wildman–Crippen LogP) is 3.75. The zero-order valence-electron chi connectivity index (χ0n) is 14.3. The Kier molecular flexibility index (Phi) is 4.07. The molecule has 4 fully saturated rings. The van der Waals surface area contributed by atoms with E-state index in [9.17, 15) is 4.79 Å². The fourth-order valence-electron chi connectivity index (χ4n) is 5.49. The molecule has 24 heavy (non-hydrogen) atoms. The number of carbonyl (C=O) groups excluding carboxylic acids is 1. The average Bonchev–Trinajstić information content (AvgIpc) is 2.55. The van der Waals surface area contributed by atoms with Crippen molar-refractivity contribution in [3.8, 4) is 5.75 Å². The van der Waals surface area contributed by atoms with Crippen LogP contribution in [0.2, 0.25) is 0 Å². The quantitative estimate of drug-likeness (QED) is 0.662. The van der Waals surface area contributed by atoms with Crippen LogP contribution in [0.5, 0.6) is 5.75 Å². The lowest BCUT2D eigenvalue weighted by atomic mass is 9.49. The Morgan fingerprint density at radius 2 is 1.75 bits per heavy atom. The van der Waals surface area contributed by atoms with E-state index < -0.39 is 0 Å². The third kappa shape index (κ3) is 2.94. The number of amides is 1. The number of benzene rings is 1. The summed E-state index contributed by atoms with van der Waals surface area (Å²) < 4.78 is 5.43. The summed E-state index contributed by atoms with van der Waals surface area (Å²) >= 11 is 0. The molecule has 0 unspecified atom stereocenters. The lowest BCUT2D eigenvalue weighted by molar-refractivity contribution is -0.146. The Balaban J connectivity index is 1.38. The summed E-state index contributed by atoms with van der Waals surface area (Å²) in [4.78, 5) is 12.8. The number of nitrogens with zero attached hydrogens (tertiary/aromatic N) is 1. The van der Waals surface area contributed by atoms with Crippen LogP contribution in [0.1, 0.15) is 51.0 Å². The van der Waals surface area contributed by atoms with Crippen LogP contribution >= 0.6 is 0 Å². The van der Waals surface area contributed by atoms with Crippen molar-refractivity contribution >= 4 is 12.1 Å². The number of carbonyl (C=O) groups is 1. The third-order valence-corrected chi connectivity index (χ3v) is 6.09. The molecule has 0 atom stereocenters. The van der Waals surface area contributed by atoms with Crippen molar-refractivity contribution in [3.05, 3.63) is 29.8 Å². The van der Waals surface area contributed by atoms with E-state index in [1.165, 1.54) is 19.3 Å². The van der Waals surface area contributed by atoms with Crippen molar-refractivity contribution in [2.24, 2.45) is 28.3 Å². The second-order valence-corrected chi connectivity index (χ2v) is 7.90. The Bertz CT molecular complexity index is 600. The molecule has 4 aliphatic carbocycles. The molecule has 4 nitrogen and oxygen atoms in total. The van der Waals surface area contributed by atoms with Gasteiger partial charge in [-0.3, -0.25) is 4.79 Å². The predicted molar refractivity (Wildman–Crippen MR) is 94.0 cm³/mol. The van der Waals surface area contributed by atoms with Gasteiger partial charge in [-0.05, 0) is 93.0 Å². The molecule has 1 aromatic carbocycles. The standard InChI is InChI=1S/C20H26N2O2/c1-2-24-18-5-3-14(4-6-18)13-21-22-19(23)20-10-15-7-16(11-20)9-17(8-15)12-20/h3-6,13,15-17H,2,7-12H2,1H3,(H,22,23). The molecule has 4 heteroatoms. The van der Waals surface area contributed by atoms with Crippen molar-refractivity contribution in [1.82, 2.24) is 5.43 Å². The molecule has 0 heterocycles. The first-order chi connectivity index (χ1) is 11.7. The molecular formula is C20H26N2O2. The molecule has 0 spiro atoms. The van der Waals surface area contributed by atoms with Crippen LogP contribution in [0.25, 0.3) is 0 Å². The Hall–Kier alpha value is -1.84. The van der Waals surface area contributed by atoms with E-state index >= 15 is 0 Å². The second-order valence-electron chi connectivity index (χ2n) is 7.90. The number of ether oxygens (including phenoxy) is 1. The second kappa shape index (κ2) is 6.23. The highest BCUT2D eigenvalue weighted by Crippen LogP contribution is 2.60. The average molecular weight is 326 g/mol. The largest absolute Gasteiger partial charge is 0.494 e. The maximum absolute atomic E-state index is 12.8. The summed E-state index contributed by atoms with van der Waals surface area (Å²) in [5, 5.41) is 4.21. The van der Waals surface area contributed by atoms with Gasteiger partial charge in [-0.15, -0.1) is 0 Å². The monoisotopic (exact) mass is 326 g/mol. The number of rotatable bonds is 5. The van der Waals surface area contributed by atoms with Gasteiger partial charge in [-0.25, -0.2) is 5.43 Å². The van der Waals surface area contributed by atoms with Crippen molar-refractivity contribution in [2.75, 3.05) is 6.61 Å². The van der Waals surface area contributed by atoms with Gasteiger partial charge in [0, 0.05) is 0 Å². The van der Waals surface area contributed by atoms with Gasteiger partial charge in [-0.1, -0.05) is 0 Å². The number of hydrazone groups is 1. The fourth-order valence-corrected chi connectivity index (χ4v) is 5.49. The topological polar surface area (TPSA) is 50.7 Å². The molecule has 4 saturated carbocycles. The molecule has 5 rings (SSSR count). The van der Waals surface area contributed by atoms with Gasteiger partial charge < -0.3 is 4.74 Å². The molecule has 1 amide bonds. The maximum atomic E-state index is 12.8. The summed E-state index contributed by atoms with van der Waals surface area (Å²) in [6, 6.07) is 7.74. The maximum Gasteiger partial charge on any atom is 0.246 e. The zero-order valence-corrected chi connectivity index (χ0v) is 14.3. The summed E-state index contributed by atoms with van der Waals surface area (Å²) in [6.07, 6.45) is 8.98. The molecule has 128 valence electrons. The van der Waals surface area contributed by atoms with Crippen LogP contribution in [0.4, 0.5) is 0 Å². The molecule has 1 aromatic rings. The van der Waals surface area contributed by atoms with Crippen molar-refractivity contribution in [2.45, 2.75) is 45.4 Å². The van der Waals surface area contributed by atoms with Crippen LogP contribution in [0, 0.1) is 23.2 Å². The third-order valence-electron chi connectivity index (χ3n) is 6.09. The van der Waals surface area contributed by atoms with E-state index in [4.69, 9.17) is 4.74 Å². The van der Waals surface area contributed by atoms with Gasteiger partial charge in [0.15, 0.2) is 0 Å². The molecule has 0 radical (unpaired) electrons. The van der Waals surface area contributed by atoms with E-state index in [1.54, 1.807) is 6.21 Å². The van der Waals surface area contributed by atoms with Crippen LogP contribution in [-0.2, 0) is 4.79 Å². The molecule has 4 bridgehead atoms. The van der Waals surface area contributed by atoms with Crippen LogP contribution in [-0.4, -0.2) is 18.7 Å². The first-order valence-corrected chi connectivity index (χ1v) is 9.23. The summed E-state index contributed by atoms with van der Waals surface area (Å²) in [6.45, 7) is 2.63. The van der Waals surface area contributed by atoms with Crippen molar-refractivity contribution < 1.29 is 9.53 Å². The highest BCUT2D eigenvalue weighted by atomic mass is 16.5. The van der Waals surface area contributed by atoms with Crippen LogP contribution in [0.3, 0.4) is 0 Å². The molecule has 1 N–H and O–H groups in total. The van der Waals surface area contributed by atoms with E-state index in [0.29, 0.717) is 6.61 Å². The minimum Gasteiger partial charge on any atom is -0.494 e. The minimum atomic E-state index is -0.134. The summed E-state index contributed by atoms with van der Waals surface area (Å²) in [5.74, 6) is 3.32. The van der Waals surface area contributed by atoms with Crippen molar-refractivity contribution in [1.29, 1.82) is 0 Å². The van der Waals surface area contributed by atoms with Gasteiger partial charge in [0.1, 0.15) is 5.75 Å². The summed E-state index contributed by atoms with van der Waals surface area (Å²) in [7, 11) is 0. The molecule has 0 saturated heterocycles. The fraction of sp³-hybridized carbons (Fsp3) is 0.600. The lowest BCUT2D eigenvalue weighted by Crippen LogP contribution is -2.52. The lowest BCUT2D eigenvalue weighted by Gasteiger charge is -2.55. The number of nitrogens with one attached hydrogen (secondary N) is 1. The zero-order chi connectivity index (χ0) is 16.6. The highest BCUT2D eigenvalue weighted by molar-refractivity contribution is 5.85. The van der Waals surface area contributed by atoms with Gasteiger partial charge in [0.2, 0.25) is 5.91 Å². The highest BCUT2D eigenvalue weighted by Gasteiger charge is 2.54. The van der Waals surface area contributed by atoms with Gasteiger partial charge in [0.25, 0.3) is 0 Å². The van der Waals surface area contributed by atoms with E-state index in [1.807, 2.05) is 31.2 Å². The number of hydrogen-bond acceptors (Lipinski definition) is 3. The first kappa shape index (κ1) is 15.7. The summed E-state index contributed by atoms with van der Waals surface area (Å²) in [5.41, 5.74) is 3.66.